The summed E-state index contributed by atoms with van der Waals surface area (Å²) in [5.74, 6) is 1.78. The highest BCUT2D eigenvalue weighted by molar-refractivity contribution is 9.11. The van der Waals surface area contributed by atoms with Crippen molar-refractivity contribution in [3.8, 4) is 22.6 Å². The van der Waals surface area contributed by atoms with Gasteiger partial charge in [-0.3, -0.25) is 0 Å². The fourth-order valence-electron chi connectivity index (χ4n) is 3.78. The summed E-state index contributed by atoms with van der Waals surface area (Å²) in [4.78, 5) is 0. The quantitative estimate of drug-likeness (QED) is 0.260. The molecule has 0 aromatic heterocycles. The molecular formula is C23H16Br2O2. The van der Waals surface area contributed by atoms with Gasteiger partial charge in [-0.1, -0.05) is 80.4 Å². The molecule has 0 aliphatic carbocycles. The van der Waals surface area contributed by atoms with E-state index in [9.17, 15) is 0 Å². The lowest BCUT2D eigenvalue weighted by Crippen LogP contribution is -2.03. The van der Waals surface area contributed by atoms with Crippen LogP contribution in [0.25, 0.3) is 32.7 Å². The summed E-state index contributed by atoms with van der Waals surface area (Å²) >= 11 is 7.45. The smallest absolute Gasteiger partial charge is 0.129 e. The fourth-order valence-corrected chi connectivity index (χ4v) is 4.89. The molecule has 134 valence electrons. The van der Waals surface area contributed by atoms with Crippen molar-refractivity contribution < 1.29 is 9.47 Å². The number of benzene rings is 4. The van der Waals surface area contributed by atoms with Crippen LogP contribution in [-0.4, -0.2) is 13.2 Å². The van der Waals surface area contributed by atoms with Gasteiger partial charge in [0.05, 0.1) is 13.2 Å². The molecule has 0 fully saturated rings. The number of fused-ring (bicyclic) bond motifs is 7. The second-order valence-corrected chi connectivity index (χ2v) is 8.31. The average molecular weight is 484 g/mol. The Balaban J connectivity index is 2.00. The molecule has 4 aromatic carbocycles. The van der Waals surface area contributed by atoms with E-state index in [2.05, 4.69) is 92.5 Å². The van der Waals surface area contributed by atoms with Gasteiger partial charge in [0.1, 0.15) is 11.5 Å². The average Bonchev–Trinajstić information content (AvgIpc) is 2.77. The van der Waals surface area contributed by atoms with Gasteiger partial charge in [0, 0.05) is 26.5 Å². The molecule has 0 amide bonds. The van der Waals surface area contributed by atoms with Crippen LogP contribution in [0, 0.1) is 0 Å². The molecule has 1 aliphatic heterocycles. The Morgan fingerprint density at radius 1 is 0.593 bits per heavy atom. The first-order valence-electron chi connectivity index (χ1n) is 8.92. The van der Waals surface area contributed by atoms with E-state index >= 15 is 0 Å². The van der Waals surface area contributed by atoms with Crippen molar-refractivity contribution in [3.63, 3.8) is 0 Å². The topological polar surface area (TPSA) is 18.5 Å². The van der Waals surface area contributed by atoms with Crippen molar-refractivity contribution in [2.45, 2.75) is 6.42 Å². The highest BCUT2D eigenvalue weighted by atomic mass is 79.9. The number of hydrogen-bond acceptors (Lipinski definition) is 2. The minimum atomic E-state index is 0.630. The third-order valence-electron chi connectivity index (χ3n) is 4.97. The van der Waals surface area contributed by atoms with Crippen molar-refractivity contribution in [1.82, 2.24) is 0 Å². The van der Waals surface area contributed by atoms with Crippen LogP contribution in [-0.2, 0) is 0 Å². The highest BCUT2D eigenvalue weighted by Crippen LogP contribution is 2.49. The van der Waals surface area contributed by atoms with Gasteiger partial charge in [-0.15, -0.1) is 0 Å². The predicted molar refractivity (Wildman–Crippen MR) is 118 cm³/mol. The van der Waals surface area contributed by atoms with Crippen molar-refractivity contribution in [2.24, 2.45) is 0 Å². The Morgan fingerprint density at radius 2 is 1.00 bits per heavy atom. The molecule has 0 atom stereocenters. The zero-order valence-corrected chi connectivity index (χ0v) is 17.6. The molecule has 4 aromatic rings. The Kier molecular flexibility index (Phi) is 4.33. The largest absolute Gasteiger partial charge is 0.493 e. The van der Waals surface area contributed by atoms with E-state index in [-0.39, 0.29) is 0 Å². The summed E-state index contributed by atoms with van der Waals surface area (Å²) in [5, 5.41) is 4.64. The van der Waals surface area contributed by atoms with Gasteiger partial charge >= 0.3 is 0 Å². The Morgan fingerprint density at radius 3 is 1.44 bits per heavy atom. The van der Waals surface area contributed by atoms with Gasteiger partial charge in [-0.25, -0.2) is 0 Å². The van der Waals surface area contributed by atoms with Crippen molar-refractivity contribution >= 4 is 53.4 Å². The number of halogens is 2. The Bertz CT molecular complexity index is 1090. The van der Waals surface area contributed by atoms with E-state index in [1.54, 1.807) is 0 Å². The molecular weight excluding hydrogens is 468 g/mol. The van der Waals surface area contributed by atoms with E-state index in [0.717, 1.165) is 59.5 Å². The van der Waals surface area contributed by atoms with Crippen LogP contribution in [0.5, 0.6) is 11.5 Å². The summed E-state index contributed by atoms with van der Waals surface area (Å²) < 4.78 is 14.5. The predicted octanol–water partition coefficient (Wildman–Crippen LogP) is 7.35. The standard InChI is InChI=1S/C23H16Br2O2/c24-18-12-20-22(16-8-3-1-6-14(16)18)23-17-9-4-2-7-15(17)19(25)13-21(23)27-11-5-10-26-20/h1-4,6-9,12-13H,5,10-11H2. The first-order valence-corrected chi connectivity index (χ1v) is 10.5. The van der Waals surface area contributed by atoms with Crippen LogP contribution in [0.15, 0.2) is 69.6 Å². The normalized spacial score (nSPS) is 13.7. The number of hydrogen-bond donors (Lipinski definition) is 0. The number of ether oxygens (including phenoxy) is 2. The third kappa shape index (κ3) is 2.82. The zero-order valence-electron chi connectivity index (χ0n) is 14.5. The first-order chi connectivity index (χ1) is 13.2. The fraction of sp³-hybridized carbons (Fsp3) is 0.130. The minimum absolute atomic E-state index is 0.630. The lowest BCUT2D eigenvalue weighted by molar-refractivity contribution is 0.252. The third-order valence-corrected chi connectivity index (χ3v) is 6.28. The SMILES string of the molecule is Brc1cc2c(c3ccccc13)-c1c(cc(Br)c3ccccc13)OCCCO2. The summed E-state index contributed by atoms with van der Waals surface area (Å²) in [5.41, 5.74) is 2.18. The van der Waals surface area contributed by atoms with E-state index in [4.69, 9.17) is 9.47 Å². The van der Waals surface area contributed by atoms with Gasteiger partial charge in [-0.2, -0.15) is 0 Å². The summed E-state index contributed by atoms with van der Waals surface area (Å²) in [6.45, 7) is 1.26. The Labute approximate surface area is 174 Å². The van der Waals surface area contributed by atoms with Crippen LogP contribution in [0.3, 0.4) is 0 Å². The summed E-state index contributed by atoms with van der Waals surface area (Å²) in [7, 11) is 0. The molecule has 4 heteroatoms. The van der Waals surface area contributed by atoms with Gasteiger partial charge < -0.3 is 9.47 Å². The van der Waals surface area contributed by atoms with Crippen molar-refractivity contribution in [2.75, 3.05) is 13.2 Å². The second kappa shape index (κ2) is 6.84. The van der Waals surface area contributed by atoms with Crippen LogP contribution in [0.4, 0.5) is 0 Å². The molecule has 5 rings (SSSR count). The second-order valence-electron chi connectivity index (χ2n) is 6.60. The molecule has 0 unspecified atom stereocenters. The van der Waals surface area contributed by atoms with E-state index in [0.29, 0.717) is 13.2 Å². The summed E-state index contributed by atoms with van der Waals surface area (Å²) in [6, 6.07) is 21.0. The molecule has 0 spiro atoms. The Hall–Kier alpha value is -2.04. The lowest BCUT2D eigenvalue weighted by atomic mass is 9.92. The molecule has 0 saturated heterocycles. The molecule has 27 heavy (non-hydrogen) atoms. The number of rotatable bonds is 0. The maximum absolute atomic E-state index is 6.21. The molecule has 1 aliphatic rings. The van der Waals surface area contributed by atoms with Gasteiger partial charge in [0.2, 0.25) is 0 Å². The van der Waals surface area contributed by atoms with Gasteiger partial charge in [-0.05, 0) is 33.7 Å². The van der Waals surface area contributed by atoms with E-state index in [1.165, 1.54) is 0 Å². The molecule has 0 N–H and O–H groups in total. The molecule has 0 radical (unpaired) electrons. The van der Waals surface area contributed by atoms with Crippen LogP contribution < -0.4 is 9.47 Å². The van der Waals surface area contributed by atoms with Crippen LogP contribution >= 0.6 is 31.9 Å². The zero-order chi connectivity index (χ0) is 18.4. The van der Waals surface area contributed by atoms with Crippen LogP contribution in [0.2, 0.25) is 0 Å². The van der Waals surface area contributed by atoms with E-state index in [1.807, 2.05) is 0 Å². The molecule has 0 bridgehead atoms. The molecule has 2 nitrogen and oxygen atoms in total. The summed E-state index contributed by atoms with van der Waals surface area (Å²) in [6.07, 6.45) is 0.841. The van der Waals surface area contributed by atoms with Crippen molar-refractivity contribution in [3.05, 3.63) is 69.6 Å². The van der Waals surface area contributed by atoms with Gasteiger partial charge in [0.15, 0.2) is 0 Å². The first kappa shape index (κ1) is 17.1. The monoisotopic (exact) mass is 482 g/mol. The van der Waals surface area contributed by atoms with Crippen molar-refractivity contribution in [1.29, 1.82) is 0 Å². The van der Waals surface area contributed by atoms with Crippen LogP contribution in [0.1, 0.15) is 6.42 Å². The molecule has 1 heterocycles. The lowest BCUT2D eigenvalue weighted by Gasteiger charge is -2.19. The maximum Gasteiger partial charge on any atom is 0.129 e. The van der Waals surface area contributed by atoms with E-state index < -0.39 is 0 Å². The minimum Gasteiger partial charge on any atom is -0.493 e. The van der Waals surface area contributed by atoms with Gasteiger partial charge in [0.25, 0.3) is 0 Å². The maximum atomic E-state index is 6.21. The highest BCUT2D eigenvalue weighted by Gasteiger charge is 2.22. The molecule has 0 saturated carbocycles.